The highest BCUT2D eigenvalue weighted by Crippen LogP contribution is 2.23. The second kappa shape index (κ2) is 8.20. The van der Waals surface area contributed by atoms with E-state index in [0.717, 1.165) is 16.3 Å². The molecule has 25 heavy (non-hydrogen) atoms. The summed E-state index contributed by atoms with van der Waals surface area (Å²) in [5.74, 6) is -1.03. The molecule has 0 spiro atoms. The van der Waals surface area contributed by atoms with E-state index in [4.69, 9.17) is 4.74 Å². The third-order valence-electron chi connectivity index (χ3n) is 3.29. The van der Waals surface area contributed by atoms with Gasteiger partial charge in [0.25, 0.3) is 5.91 Å². The number of amides is 1. The van der Waals surface area contributed by atoms with Gasteiger partial charge in [0.2, 0.25) is 0 Å². The Hall–Kier alpha value is -2.28. The van der Waals surface area contributed by atoms with Crippen molar-refractivity contribution in [3.63, 3.8) is 0 Å². The maximum Gasteiger partial charge on any atom is 0.311 e. The van der Waals surface area contributed by atoms with Gasteiger partial charge in [0.05, 0.1) is 11.1 Å². The van der Waals surface area contributed by atoms with Gasteiger partial charge in [0.1, 0.15) is 10.8 Å². The van der Waals surface area contributed by atoms with Gasteiger partial charge >= 0.3 is 5.97 Å². The van der Waals surface area contributed by atoms with Crippen molar-refractivity contribution >= 4 is 23.2 Å². The predicted molar refractivity (Wildman–Crippen MR) is 94.6 cm³/mol. The normalized spacial score (nSPS) is 11.2. The van der Waals surface area contributed by atoms with Crippen molar-refractivity contribution in [2.75, 3.05) is 13.2 Å². The van der Waals surface area contributed by atoms with E-state index >= 15 is 0 Å². The first-order valence-corrected chi connectivity index (χ1v) is 8.78. The van der Waals surface area contributed by atoms with Crippen LogP contribution < -0.4 is 5.32 Å². The molecule has 1 N–H and O–H groups in total. The van der Waals surface area contributed by atoms with Crippen LogP contribution in [-0.2, 0) is 20.7 Å². The lowest BCUT2D eigenvalue weighted by molar-refractivity contribution is -0.156. The van der Waals surface area contributed by atoms with Crippen LogP contribution in [0, 0.1) is 11.2 Å². The highest BCUT2D eigenvalue weighted by atomic mass is 32.1. The number of aromatic nitrogens is 1. The van der Waals surface area contributed by atoms with Crippen LogP contribution in [0.15, 0.2) is 29.6 Å². The lowest BCUT2D eigenvalue weighted by atomic mass is 9.97. The molecule has 0 unspecified atom stereocenters. The van der Waals surface area contributed by atoms with E-state index in [1.165, 1.54) is 23.5 Å². The van der Waals surface area contributed by atoms with Crippen molar-refractivity contribution in [2.45, 2.75) is 27.2 Å². The summed E-state index contributed by atoms with van der Waals surface area (Å²) >= 11 is 1.47. The van der Waals surface area contributed by atoms with Crippen LogP contribution in [0.5, 0.6) is 0 Å². The Kier molecular flexibility index (Phi) is 6.25. The van der Waals surface area contributed by atoms with Crippen LogP contribution >= 0.6 is 11.3 Å². The fraction of sp³-hybridized carbons (Fsp3) is 0.389. The van der Waals surface area contributed by atoms with Crippen molar-refractivity contribution in [1.29, 1.82) is 0 Å². The van der Waals surface area contributed by atoms with Crippen LogP contribution in [0.4, 0.5) is 4.39 Å². The SMILES string of the molecule is CC(C)(C)C(=O)OCC(=O)NCCc1csc(-c2ccc(F)cc2)n1. The summed E-state index contributed by atoms with van der Waals surface area (Å²) in [7, 11) is 0. The van der Waals surface area contributed by atoms with Gasteiger partial charge in [-0.3, -0.25) is 9.59 Å². The molecule has 134 valence electrons. The lowest BCUT2D eigenvalue weighted by Crippen LogP contribution is -2.33. The molecule has 0 aliphatic carbocycles. The van der Waals surface area contributed by atoms with Crippen LogP contribution in [0.2, 0.25) is 0 Å². The number of nitrogens with zero attached hydrogens (tertiary/aromatic N) is 1. The summed E-state index contributed by atoms with van der Waals surface area (Å²) in [6.07, 6.45) is 0.566. The number of halogens is 1. The zero-order valence-corrected chi connectivity index (χ0v) is 15.3. The highest BCUT2D eigenvalue weighted by molar-refractivity contribution is 7.13. The zero-order valence-electron chi connectivity index (χ0n) is 14.5. The summed E-state index contributed by atoms with van der Waals surface area (Å²) in [6, 6.07) is 6.16. The minimum atomic E-state index is -0.627. The van der Waals surface area contributed by atoms with Crippen LogP contribution in [0.1, 0.15) is 26.5 Å². The van der Waals surface area contributed by atoms with Gasteiger partial charge in [-0.05, 0) is 45.0 Å². The number of ether oxygens (including phenoxy) is 1. The zero-order chi connectivity index (χ0) is 18.4. The Labute approximate surface area is 150 Å². The van der Waals surface area contributed by atoms with Crippen LogP contribution in [0.25, 0.3) is 10.6 Å². The Morgan fingerprint density at radius 3 is 2.56 bits per heavy atom. The molecule has 0 radical (unpaired) electrons. The van der Waals surface area contributed by atoms with Gasteiger partial charge in [-0.2, -0.15) is 0 Å². The largest absolute Gasteiger partial charge is 0.455 e. The molecule has 1 heterocycles. The van der Waals surface area contributed by atoms with Gasteiger partial charge in [0, 0.05) is 23.9 Å². The molecule has 0 aliphatic heterocycles. The maximum atomic E-state index is 12.9. The molecule has 1 amide bonds. The molecule has 2 rings (SSSR count). The fourth-order valence-electron chi connectivity index (χ4n) is 1.88. The first-order valence-electron chi connectivity index (χ1n) is 7.90. The number of carbonyl (C=O) groups excluding carboxylic acids is 2. The predicted octanol–water partition coefficient (Wildman–Crippen LogP) is 3.20. The van der Waals surface area contributed by atoms with Crippen molar-refractivity contribution in [3.8, 4) is 10.6 Å². The van der Waals surface area contributed by atoms with Crippen molar-refractivity contribution in [2.24, 2.45) is 5.41 Å². The number of hydrogen-bond donors (Lipinski definition) is 1. The molecule has 0 atom stereocenters. The average Bonchev–Trinajstić information content (AvgIpc) is 3.01. The molecule has 0 aliphatic rings. The fourth-order valence-corrected chi connectivity index (χ4v) is 2.74. The summed E-state index contributed by atoms with van der Waals surface area (Å²) < 4.78 is 17.9. The molecule has 0 bridgehead atoms. The third kappa shape index (κ3) is 5.94. The molecule has 1 aromatic heterocycles. The number of benzene rings is 1. The topological polar surface area (TPSA) is 68.3 Å². The van der Waals surface area contributed by atoms with Gasteiger partial charge in [0.15, 0.2) is 6.61 Å². The summed E-state index contributed by atoms with van der Waals surface area (Å²) in [5, 5.41) is 5.41. The lowest BCUT2D eigenvalue weighted by Gasteiger charge is -2.16. The monoisotopic (exact) mass is 364 g/mol. The first-order chi connectivity index (χ1) is 11.8. The minimum Gasteiger partial charge on any atom is -0.455 e. The quantitative estimate of drug-likeness (QED) is 0.799. The molecule has 0 saturated carbocycles. The Balaban J connectivity index is 1.76. The van der Waals surface area contributed by atoms with E-state index in [1.54, 1.807) is 32.9 Å². The molecule has 5 nitrogen and oxygen atoms in total. The molecule has 7 heteroatoms. The number of rotatable bonds is 6. The van der Waals surface area contributed by atoms with Gasteiger partial charge in [-0.15, -0.1) is 11.3 Å². The minimum absolute atomic E-state index is 0.282. The van der Waals surface area contributed by atoms with E-state index < -0.39 is 11.4 Å². The molecular weight excluding hydrogens is 343 g/mol. The first kappa shape index (κ1) is 19.1. The number of hydrogen-bond acceptors (Lipinski definition) is 5. The van der Waals surface area contributed by atoms with Gasteiger partial charge in [-0.1, -0.05) is 0 Å². The molecule has 0 fully saturated rings. The van der Waals surface area contributed by atoms with E-state index in [-0.39, 0.29) is 18.3 Å². The van der Waals surface area contributed by atoms with Crippen LogP contribution in [-0.4, -0.2) is 30.0 Å². The van der Waals surface area contributed by atoms with Gasteiger partial charge < -0.3 is 10.1 Å². The summed E-state index contributed by atoms with van der Waals surface area (Å²) in [6.45, 7) is 5.31. The Morgan fingerprint density at radius 2 is 1.92 bits per heavy atom. The standard InChI is InChI=1S/C18H21FN2O3S/c1-18(2,3)17(23)24-10-15(22)20-9-8-14-11-25-16(21-14)12-4-6-13(19)7-5-12/h4-7,11H,8-10H2,1-3H3,(H,20,22). The van der Waals surface area contributed by atoms with Crippen LogP contribution in [0.3, 0.4) is 0 Å². The molecule has 1 aromatic carbocycles. The Bertz CT molecular complexity index is 736. The van der Waals surface area contributed by atoms with Crippen molar-refractivity contribution in [1.82, 2.24) is 10.3 Å². The van der Waals surface area contributed by atoms with Crippen molar-refractivity contribution < 1.29 is 18.7 Å². The second-order valence-corrected chi connectivity index (χ2v) is 7.44. The molecular formula is C18H21FN2O3S. The summed E-state index contributed by atoms with van der Waals surface area (Å²) in [5.41, 5.74) is 1.07. The van der Waals surface area contributed by atoms with E-state index in [2.05, 4.69) is 10.3 Å². The smallest absolute Gasteiger partial charge is 0.311 e. The number of thiazole rings is 1. The number of nitrogens with one attached hydrogen (secondary N) is 1. The van der Waals surface area contributed by atoms with E-state index in [9.17, 15) is 14.0 Å². The Morgan fingerprint density at radius 1 is 1.24 bits per heavy atom. The van der Waals surface area contributed by atoms with Crippen molar-refractivity contribution in [3.05, 3.63) is 41.2 Å². The number of carbonyl (C=O) groups is 2. The summed E-state index contributed by atoms with van der Waals surface area (Å²) in [4.78, 5) is 27.7. The number of esters is 1. The average molecular weight is 364 g/mol. The van der Waals surface area contributed by atoms with Gasteiger partial charge in [-0.25, -0.2) is 9.37 Å². The highest BCUT2D eigenvalue weighted by Gasteiger charge is 2.23. The van der Waals surface area contributed by atoms with E-state index in [0.29, 0.717) is 13.0 Å². The second-order valence-electron chi connectivity index (χ2n) is 6.58. The molecule has 2 aromatic rings. The van der Waals surface area contributed by atoms with E-state index in [1.807, 2.05) is 5.38 Å². The molecule has 0 saturated heterocycles. The third-order valence-corrected chi connectivity index (χ3v) is 4.23. The maximum absolute atomic E-state index is 12.9.